The number of halogens is 2. The van der Waals surface area contributed by atoms with Crippen LogP contribution in [0.2, 0.25) is 0 Å². The summed E-state index contributed by atoms with van der Waals surface area (Å²) in [4.78, 5) is 10.7. The largest absolute Gasteiger partial charge is 0.493 e. The Morgan fingerprint density at radius 2 is 1.61 bits per heavy atom. The van der Waals surface area contributed by atoms with Crippen molar-refractivity contribution in [2.75, 3.05) is 14.2 Å². The first-order chi connectivity index (χ1) is 13.3. The molecule has 0 radical (unpaired) electrons. The van der Waals surface area contributed by atoms with Gasteiger partial charge in [0.1, 0.15) is 5.82 Å². The quantitative estimate of drug-likeness (QED) is 0.430. The van der Waals surface area contributed by atoms with Gasteiger partial charge in [0, 0.05) is 5.56 Å². The number of carbonyl (C=O) groups excluding carboxylic acids is 1. The van der Waals surface area contributed by atoms with Gasteiger partial charge < -0.3 is 9.47 Å². The number of hydrogen-bond donors (Lipinski definition) is 0. The highest BCUT2D eigenvalue weighted by Crippen LogP contribution is 2.30. The predicted octanol–water partition coefficient (Wildman–Crippen LogP) is 7.33. The van der Waals surface area contributed by atoms with Gasteiger partial charge in [-0.3, -0.25) is 4.79 Å². The van der Waals surface area contributed by atoms with E-state index in [1.807, 2.05) is 32.0 Å². The SMILES string of the molecule is C=C(CCC)c1ccc(OC)c(OC)c1.CC.CC(=O)c1ccc(Br)c(F)c1. The summed E-state index contributed by atoms with van der Waals surface area (Å²) in [6, 6.07) is 10.2. The van der Waals surface area contributed by atoms with Crippen molar-refractivity contribution in [3.8, 4) is 11.5 Å². The van der Waals surface area contributed by atoms with E-state index < -0.39 is 5.82 Å². The van der Waals surface area contributed by atoms with Crippen molar-refractivity contribution in [1.82, 2.24) is 0 Å². The molecule has 0 aliphatic heterocycles. The first kappa shape index (κ1) is 25.9. The fourth-order valence-electron chi connectivity index (χ4n) is 2.22. The molecule has 0 bridgehead atoms. The van der Waals surface area contributed by atoms with Crippen molar-refractivity contribution in [1.29, 1.82) is 0 Å². The van der Waals surface area contributed by atoms with Crippen molar-refractivity contribution in [3.05, 3.63) is 64.4 Å². The molecule has 5 heteroatoms. The number of ketones is 1. The van der Waals surface area contributed by atoms with Crippen molar-refractivity contribution in [2.45, 2.75) is 40.5 Å². The van der Waals surface area contributed by atoms with Gasteiger partial charge in [-0.25, -0.2) is 4.39 Å². The maximum absolute atomic E-state index is 12.7. The third-order valence-corrected chi connectivity index (χ3v) is 4.31. The Bertz CT molecular complexity index is 772. The Hall–Kier alpha value is -2.14. The van der Waals surface area contributed by atoms with Gasteiger partial charge in [0.2, 0.25) is 0 Å². The van der Waals surface area contributed by atoms with Crippen molar-refractivity contribution in [2.24, 2.45) is 0 Å². The summed E-state index contributed by atoms with van der Waals surface area (Å²) in [5.41, 5.74) is 2.65. The minimum absolute atomic E-state index is 0.128. The zero-order valence-electron chi connectivity index (χ0n) is 17.6. The van der Waals surface area contributed by atoms with Crippen molar-refractivity contribution >= 4 is 27.3 Å². The van der Waals surface area contributed by atoms with Gasteiger partial charge in [0.15, 0.2) is 17.3 Å². The Labute approximate surface area is 176 Å². The molecule has 0 aliphatic rings. The average Bonchev–Trinajstić information content (AvgIpc) is 2.71. The van der Waals surface area contributed by atoms with Crippen LogP contribution in [0.1, 0.15) is 56.5 Å². The summed E-state index contributed by atoms with van der Waals surface area (Å²) >= 11 is 2.99. The van der Waals surface area contributed by atoms with Crippen LogP contribution in [0.25, 0.3) is 5.57 Å². The summed E-state index contributed by atoms with van der Waals surface area (Å²) in [5.74, 6) is 0.979. The number of carbonyl (C=O) groups is 1. The number of ether oxygens (including phenoxy) is 2. The van der Waals surface area contributed by atoms with Crippen LogP contribution in [-0.2, 0) is 0 Å². The summed E-state index contributed by atoms with van der Waals surface area (Å²) in [6.45, 7) is 11.6. The van der Waals surface area contributed by atoms with Crippen LogP contribution < -0.4 is 9.47 Å². The Morgan fingerprint density at radius 3 is 2.07 bits per heavy atom. The summed E-state index contributed by atoms with van der Waals surface area (Å²) in [6.07, 6.45) is 2.11. The zero-order chi connectivity index (χ0) is 21.7. The van der Waals surface area contributed by atoms with E-state index in [9.17, 15) is 9.18 Å². The van der Waals surface area contributed by atoms with E-state index >= 15 is 0 Å². The van der Waals surface area contributed by atoms with Crippen molar-refractivity contribution < 1.29 is 18.7 Å². The predicted molar refractivity (Wildman–Crippen MR) is 119 cm³/mol. The number of allylic oxidation sites excluding steroid dienone is 1. The summed E-state index contributed by atoms with van der Waals surface area (Å²) in [5, 5.41) is 0. The summed E-state index contributed by atoms with van der Waals surface area (Å²) in [7, 11) is 3.28. The highest BCUT2D eigenvalue weighted by atomic mass is 79.9. The topological polar surface area (TPSA) is 35.5 Å². The highest BCUT2D eigenvalue weighted by Gasteiger charge is 2.06. The minimum Gasteiger partial charge on any atom is -0.493 e. The Balaban J connectivity index is 0.000000497. The first-order valence-corrected chi connectivity index (χ1v) is 9.99. The normalized spacial score (nSPS) is 9.29. The van der Waals surface area contributed by atoms with E-state index in [4.69, 9.17) is 9.47 Å². The lowest BCUT2D eigenvalue weighted by Gasteiger charge is -2.10. The molecule has 0 atom stereocenters. The number of Topliss-reactive ketones (excluding diaryl/α,β-unsaturated/α-hetero) is 1. The third-order valence-electron chi connectivity index (χ3n) is 3.67. The molecule has 0 amide bonds. The van der Waals surface area contributed by atoms with Crippen LogP contribution in [-0.4, -0.2) is 20.0 Å². The monoisotopic (exact) mass is 452 g/mol. The van der Waals surface area contributed by atoms with E-state index in [0.29, 0.717) is 10.0 Å². The first-order valence-electron chi connectivity index (χ1n) is 9.20. The second kappa shape index (κ2) is 13.9. The smallest absolute Gasteiger partial charge is 0.161 e. The van der Waals surface area contributed by atoms with Crippen LogP contribution in [0, 0.1) is 5.82 Å². The molecule has 0 saturated heterocycles. The Kier molecular flexibility index (Phi) is 12.9. The lowest BCUT2D eigenvalue weighted by molar-refractivity contribution is 0.101. The van der Waals surface area contributed by atoms with E-state index in [0.717, 1.165) is 35.5 Å². The van der Waals surface area contributed by atoms with Gasteiger partial charge in [-0.05, 0) is 64.7 Å². The maximum Gasteiger partial charge on any atom is 0.161 e. The summed E-state index contributed by atoms with van der Waals surface area (Å²) < 4.78 is 23.5. The van der Waals surface area contributed by atoms with Gasteiger partial charge in [-0.2, -0.15) is 0 Å². The van der Waals surface area contributed by atoms with Crippen LogP contribution in [0.3, 0.4) is 0 Å². The lowest BCUT2D eigenvalue weighted by Crippen LogP contribution is -1.92. The number of rotatable bonds is 6. The van der Waals surface area contributed by atoms with Crippen LogP contribution in [0.4, 0.5) is 4.39 Å². The van der Waals surface area contributed by atoms with Crippen LogP contribution >= 0.6 is 15.9 Å². The Morgan fingerprint density at radius 1 is 1.04 bits per heavy atom. The van der Waals surface area contributed by atoms with Gasteiger partial charge in [-0.15, -0.1) is 0 Å². The van der Waals surface area contributed by atoms with Crippen molar-refractivity contribution in [3.63, 3.8) is 0 Å². The molecule has 0 unspecified atom stereocenters. The fourth-order valence-corrected chi connectivity index (χ4v) is 2.46. The molecule has 0 spiro atoms. The molecule has 3 nitrogen and oxygen atoms in total. The third kappa shape index (κ3) is 8.26. The molecule has 28 heavy (non-hydrogen) atoms. The molecule has 154 valence electrons. The minimum atomic E-state index is -0.405. The fraction of sp³-hybridized carbons (Fsp3) is 0.348. The standard InChI is InChI=1S/C13H18O2.C8H6BrFO.C2H6/c1-5-6-10(2)11-7-8-12(14-3)13(9-11)15-4;1-5(11)6-2-3-7(9)8(10)4-6;1-2/h7-9H,2,5-6H2,1,3-4H3;2-4H,1H3;1-2H3. The molecular weight excluding hydrogens is 423 g/mol. The highest BCUT2D eigenvalue weighted by molar-refractivity contribution is 9.10. The molecule has 0 saturated carbocycles. The maximum atomic E-state index is 12.7. The van der Waals surface area contributed by atoms with E-state index in [1.54, 1.807) is 20.3 Å². The van der Waals surface area contributed by atoms with E-state index in [1.165, 1.54) is 19.1 Å². The molecule has 0 aliphatic carbocycles. The van der Waals surface area contributed by atoms with Gasteiger partial charge in [-0.1, -0.05) is 45.9 Å². The van der Waals surface area contributed by atoms with Crippen LogP contribution in [0.5, 0.6) is 11.5 Å². The van der Waals surface area contributed by atoms with Gasteiger partial charge in [0.05, 0.1) is 18.7 Å². The molecule has 0 heterocycles. The van der Waals surface area contributed by atoms with E-state index in [-0.39, 0.29) is 5.78 Å². The second-order valence-corrected chi connectivity index (χ2v) is 6.46. The molecule has 0 aromatic heterocycles. The van der Waals surface area contributed by atoms with Gasteiger partial charge >= 0.3 is 0 Å². The van der Waals surface area contributed by atoms with E-state index in [2.05, 4.69) is 29.4 Å². The molecule has 2 rings (SSSR count). The zero-order valence-corrected chi connectivity index (χ0v) is 19.2. The number of hydrogen-bond acceptors (Lipinski definition) is 3. The molecular formula is C23H30BrFO3. The average molecular weight is 453 g/mol. The molecule has 2 aromatic carbocycles. The molecule has 0 N–H and O–H groups in total. The second-order valence-electron chi connectivity index (χ2n) is 5.61. The van der Waals surface area contributed by atoms with Gasteiger partial charge in [0.25, 0.3) is 0 Å². The molecule has 2 aromatic rings. The van der Waals surface area contributed by atoms with Crippen LogP contribution in [0.15, 0.2) is 47.4 Å². The number of benzene rings is 2. The number of methoxy groups -OCH3 is 2. The molecule has 0 fully saturated rings. The lowest BCUT2D eigenvalue weighted by atomic mass is 10.0.